The molecule has 0 radical (unpaired) electrons. The maximum absolute atomic E-state index is 11.9. The summed E-state index contributed by atoms with van der Waals surface area (Å²) in [5.41, 5.74) is 5.10. The topological polar surface area (TPSA) is 84.7 Å². The lowest BCUT2D eigenvalue weighted by atomic mass is 10.2. The molecule has 0 aromatic rings. The Kier molecular flexibility index (Phi) is 5.17. The van der Waals surface area contributed by atoms with Crippen molar-refractivity contribution < 1.29 is 14.3 Å². The van der Waals surface area contributed by atoms with Gasteiger partial charge in [0.2, 0.25) is 5.91 Å². The number of hydrogen-bond donors (Lipinski definition) is 2. The summed E-state index contributed by atoms with van der Waals surface area (Å²) >= 11 is 0. The van der Waals surface area contributed by atoms with Crippen LogP contribution in [0.4, 0.5) is 4.79 Å². The van der Waals surface area contributed by atoms with Crippen LogP contribution in [0.25, 0.3) is 0 Å². The second-order valence-corrected chi connectivity index (χ2v) is 6.00. The SMILES string of the molecule is C[C@H](N)C(=O)N1CCC[C@H]1CNC(=O)OC(C)(C)C. The third-order valence-electron chi connectivity index (χ3n) is 2.93. The van der Waals surface area contributed by atoms with Crippen LogP contribution in [0.2, 0.25) is 0 Å². The number of rotatable bonds is 3. The molecular formula is C13H25N3O3. The summed E-state index contributed by atoms with van der Waals surface area (Å²) in [6, 6.07) is -0.479. The summed E-state index contributed by atoms with van der Waals surface area (Å²) in [6.07, 6.45) is 1.38. The number of carbonyl (C=O) groups is 2. The first kappa shape index (κ1) is 15.8. The molecule has 1 heterocycles. The Hall–Kier alpha value is -1.30. The lowest BCUT2D eigenvalue weighted by Gasteiger charge is -2.27. The largest absolute Gasteiger partial charge is 0.444 e. The second kappa shape index (κ2) is 6.23. The molecule has 1 saturated heterocycles. The minimum Gasteiger partial charge on any atom is -0.444 e. The van der Waals surface area contributed by atoms with Gasteiger partial charge in [-0.2, -0.15) is 0 Å². The van der Waals surface area contributed by atoms with Crippen molar-refractivity contribution in [3.63, 3.8) is 0 Å². The van der Waals surface area contributed by atoms with E-state index in [2.05, 4.69) is 5.32 Å². The predicted molar refractivity (Wildman–Crippen MR) is 72.6 cm³/mol. The molecule has 2 atom stereocenters. The van der Waals surface area contributed by atoms with E-state index in [0.29, 0.717) is 13.1 Å². The molecule has 0 aromatic heterocycles. The van der Waals surface area contributed by atoms with E-state index in [4.69, 9.17) is 10.5 Å². The van der Waals surface area contributed by atoms with E-state index in [0.717, 1.165) is 12.8 Å². The average molecular weight is 271 g/mol. The highest BCUT2D eigenvalue weighted by atomic mass is 16.6. The molecule has 3 N–H and O–H groups in total. The molecule has 110 valence electrons. The quantitative estimate of drug-likeness (QED) is 0.797. The van der Waals surface area contributed by atoms with Crippen molar-refractivity contribution in [3.8, 4) is 0 Å². The molecule has 1 rings (SSSR count). The number of nitrogens with zero attached hydrogens (tertiary/aromatic N) is 1. The smallest absolute Gasteiger partial charge is 0.407 e. The van der Waals surface area contributed by atoms with Gasteiger partial charge in [-0.25, -0.2) is 4.79 Å². The third kappa shape index (κ3) is 5.06. The highest BCUT2D eigenvalue weighted by Gasteiger charge is 2.30. The van der Waals surface area contributed by atoms with Crippen molar-refractivity contribution in [2.24, 2.45) is 5.73 Å². The van der Waals surface area contributed by atoms with E-state index in [1.807, 2.05) is 20.8 Å². The van der Waals surface area contributed by atoms with Crippen molar-refractivity contribution in [1.29, 1.82) is 0 Å². The zero-order valence-corrected chi connectivity index (χ0v) is 12.2. The molecule has 1 fully saturated rings. The molecule has 1 aliphatic rings. The fraction of sp³-hybridized carbons (Fsp3) is 0.846. The number of nitrogens with one attached hydrogen (secondary N) is 1. The summed E-state index contributed by atoms with van der Waals surface area (Å²) in [4.78, 5) is 25.2. The van der Waals surface area contributed by atoms with Crippen molar-refractivity contribution in [3.05, 3.63) is 0 Å². The van der Waals surface area contributed by atoms with Gasteiger partial charge in [0.1, 0.15) is 5.60 Å². The highest BCUT2D eigenvalue weighted by Crippen LogP contribution is 2.17. The van der Waals surface area contributed by atoms with Gasteiger partial charge in [0.05, 0.1) is 6.04 Å². The van der Waals surface area contributed by atoms with Crippen LogP contribution in [0.1, 0.15) is 40.5 Å². The van der Waals surface area contributed by atoms with Gasteiger partial charge < -0.3 is 20.7 Å². The van der Waals surface area contributed by atoms with E-state index in [-0.39, 0.29) is 11.9 Å². The molecule has 19 heavy (non-hydrogen) atoms. The van der Waals surface area contributed by atoms with E-state index >= 15 is 0 Å². The van der Waals surface area contributed by atoms with Gasteiger partial charge in [-0.1, -0.05) is 0 Å². The number of hydrogen-bond acceptors (Lipinski definition) is 4. The molecule has 0 spiro atoms. The Balaban J connectivity index is 2.44. The van der Waals surface area contributed by atoms with Crippen LogP contribution < -0.4 is 11.1 Å². The molecule has 6 heteroatoms. The lowest BCUT2D eigenvalue weighted by Crippen LogP contribution is -2.48. The number of nitrogens with two attached hydrogens (primary N) is 1. The van der Waals surface area contributed by atoms with Gasteiger partial charge in [0.15, 0.2) is 0 Å². The first-order valence-electron chi connectivity index (χ1n) is 6.73. The number of carbonyl (C=O) groups excluding carboxylic acids is 2. The Morgan fingerprint density at radius 1 is 1.47 bits per heavy atom. The lowest BCUT2D eigenvalue weighted by molar-refractivity contribution is -0.132. The van der Waals surface area contributed by atoms with Crippen molar-refractivity contribution in [2.75, 3.05) is 13.1 Å². The van der Waals surface area contributed by atoms with Crippen molar-refractivity contribution in [2.45, 2.75) is 58.2 Å². The van der Waals surface area contributed by atoms with Gasteiger partial charge >= 0.3 is 6.09 Å². The van der Waals surface area contributed by atoms with Crippen LogP contribution in [-0.4, -0.2) is 47.7 Å². The zero-order valence-electron chi connectivity index (χ0n) is 12.2. The van der Waals surface area contributed by atoms with E-state index < -0.39 is 17.7 Å². The van der Waals surface area contributed by atoms with Crippen LogP contribution in [0.15, 0.2) is 0 Å². The van der Waals surface area contributed by atoms with Crippen LogP contribution in [0.5, 0.6) is 0 Å². The van der Waals surface area contributed by atoms with Gasteiger partial charge in [0, 0.05) is 19.1 Å². The first-order chi connectivity index (χ1) is 8.70. The minimum atomic E-state index is -0.513. The summed E-state index contributed by atoms with van der Waals surface area (Å²) in [5.74, 6) is -0.0616. The fourth-order valence-electron chi connectivity index (χ4n) is 2.11. The van der Waals surface area contributed by atoms with Gasteiger partial charge in [-0.3, -0.25) is 4.79 Å². The Bertz CT molecular complexity index is 337. The number of alkyl carbamates (subject to hydrolysis) is 1. The maximum Gasteiger partial charge on any atom is 0.407 e. The van der Waals surface area contributed by atoms with Gasteiger partial charge in [-0.15, -0.1) is 0 Å². The van der Waals surface area contributed by atoms with Crippen molar-refractivity contribution >= 4 is 12.0 Å². The first-order valence-corrected chi connectivity index (χ1v) is 6.73. The van der Waals surface area contributed by atoms with Crippen molar-refractivity contribution in [1.82, 2.24) is 10.2 Å². The molecule has 2 amide bonds. The molecule has 0 aliphatic carbocycles. The van der Waals surface area contributed by atoms with Gasteiger partial charge in [0.25, 0.3) is 0 Å². The molecule has 6 nitrogen and oxygen atoms in total. The Morgan fingerprint density at radius 2 is 2.11 bits per heavy atom. The predicted octanol–water partition coefficient (Wildman–Crippen LogP) is 0.849. The molecule has 0 saturated carbocycles. The molecule has 1 aliphatic heterocycles. The second-order valence-electron chi connectivity index (χ2n) is 6.00. The van der Waals surface area contributed by atoms with E-state index in [9.17, 15) is 9.59 Å². The Labute approximate surface area is 114 Å². The molecule has 0 unspecified atom stereocenters. The molecule has 0 bridgehead atoms. The molecule has 0 aromatic carbocycles. The van der Waals surface area contributed by atoms with E-state index in [1.54, 1.807) is 11.8 Å². The third-order valence-corrected chi connectivity index (χ3v) is 2.93. The number of amides is 2. The van der Waals surface area contributed by atoms with Crippen LogP contribution >= 0.6 is 0 Å². The normalized spacial score (nSPS) is 21.1. The summed E-state index contributed by atoms with van der Waals surface area (Å²) in [5, 5.41) is 2.71. The molecular weight excluding hydrogens is 246 g/mol. The monoisotopic (exact) mass is 271 g/mol. The van der Waals surface area contributed by atoms with Crippen LogP contribution in [0, 0.1) is 0 Å². The standard InChI is InChI=1S/C13H25N3O3/c1-9(14)11(17)16-7-5-6-10(16)8-15-12(18)19-13(2,3)4/h9-10H,5-8,14H2,1-4H3,(H,15,18)/t9-,10-/m0/s1. The summed E-state index contributed by atoms with van der Waals surface area (Å²) in [7, 11) is 0. The number of ether oxygens (including phenoxy) is 1. The minimum absolute atomic E-state index is 0.0195. The van der Waals surface area contributed by atoms with Gasteiger partial charge in [-0.05, 0) is 40.5 Å². The fourth-order valence-corrected chi connectivity index (χ4v) is 2.11. The average Bonchev–Trinajstić information content (AvgIpc) is 2.70. The number of likely N-dealkylation sites (tertiary alicyclic amines) is 1. The maximum atomic E-state index is 11.9. The Morgan fingerprint density at radius 3 is 2.63 bits per heavy atom. The van der Waals surface area contributed by atoms with Crippen LogP contribution in [0.3, 0.4) is 0 Å². The zero-order chi connectivity index (χ0) is 14.6. The summed E-state index contributed by atoms with van der Waals surface area (Å²) < 4.78 is 5.16. The summed E-state index contributed by atoms with van der Waals surface area (Å²) in [6.45, 7) is 8.24. The van der Waals surface area contributed by atoms with Crippen LogP contribution in [-0.2, 0) is 9.53 Å². The highest BCUT2D eigenvalue weighted by molar-refractivity contribution is 5.81. The van der Waals surface area contributed by atoms with E-state index in [1.165, 1.54) is 0 Å².